The van der Waals surface area contributed by atoms with Gasteiger partial charge in [-0.15, -0.1) is 0 Å². The van der Waals surface area contributed by atoms with Crippen LogP contribution in [0, 0.1) is 11.7 Å². The molecule has 3 aromatic rings. The zero-order chi connectivity index (χ0) is 24.7. The van der Waals surface area contributed by atoms with E-state index in [9.17, 15) is 17.6 Å². The van der Waals surface area contributed by atoms with Gasteiger partial charge in [-0.2, -0.15) is 0 Å². The summed E-state index contributed by atoms with van der Waals surface area (Å²) in [5, 5.41) is 0. The third kappa shape index (κ3) is 5.17. The smallest absolute Gasteiger partial charge is 0.219 e. The molecule has 0 atom stereocenters. The van der Waals surface area contributed by atoms with E-state index < -0.39 is 15.7 Å². The van der Waals surface area contributed by atoms with Crippen LogP contribution in [-0.4, -0.2) is 41.9 Å². The SMILES string of the molecule is CC(=O)N1CCC(Cn2c(C(C)(C)C)nc3cc(S(=O)(=O)Cc4ccc(F)cc4)ccc32)CC1. The highest BCUT2D eigenvalue weighted by molar-refractivity contribution is 7.90. The van der Waals surface area contributed by atoms with Crippen molar-refractivity contribution in [2.45, 2.75) is 63.1 Å². The van der Waals surface area contributed by atoms with Gasteiger partial charge >= 0.3 is 0 Å². The number of fused-ring (bicyclic) bond motifs is 1. The Morgan fingerprint density at radius 2 is 1.74 bits per heavy atom. The van der Waals surface area contributed by atoms with Crippen LogP contribution in [0.25, 0.3) is 11.0 Å². The Bertz CT molecular complexity index is 1300. The quantitative estimate of drug-likeness (QED) is 0.525. The second kappa shape index (κ2) is 9.13. The third-order valence-electron chi connectivity index (χ3n) is 6.52. The minimum Gasteiger partial charge on any atom is -0.343 e. The number of rotatable bonds is 5. The molecule has 182 valence electrons. The maximum atomic E-state index is 13.2. The lowest BCUT2D eigenvalue weighted by atomic mass is 9.93. The van der Waals surface area contributed by atoms with Crippen LogP contribution in [0.4, 0.5) is 4.39 Å². The Labute approximate surface area is 200 Å². The first-order valence-electron chi connectivity index (χ1n) is 11.7. The molecule has 1 amide bonds. The van der Waals surface area contributed by atoms with Gasteiger partial charge in [0.2, 0.25) is 5.91 Å². The molecule has 1 saturated heterocycles. The van der Waals surface area contributed by atoms with Crippen LogP contribution in [0.15, 0.2) is 47.4 Å². The van der Waals surface area contributed by atoms with Gasteiger partial charge in [0.25, 0.3) is 0 Å². The Kier molecular flexibility index (Phi) is 6.55. The van der Waals surface area contributed by atoms with Crippen molar-refractivity contribution >= 4 is 26.8 Å². The van der Waals surface area contributed by atoms with Gasteiger partial charge in [-0.1, -0.05) is 32.9 Å². The number of imidazole rings is 1. The Balaban J connectivity index is 1.64. The van der Waals surface area contributed by atoms with E-state index in [1.807, 2.05) is 11.0 Å². The highest BCUT2D eigenvalue weighted by Crippen LogP contribution is 2.31. The largest absolute Gasteiger partial charge is 0.343 e. The van der Waals surface area contributed by atoms with Gasteiger partial charge in [-0.05, 0) is 54.7 Å². The lowest BCUT2D eigenvalue weighted by Gasteiger charge is -2.32. The topological polar surface area (TPSA) is 72.3 Å². The molecular formula is C26H32FN3O3S. The van der Waals surface area contributed by atoms with Crippen LogP contribution in [0.3, 0.4) is 0 Å². The van der Waals surface area contributed by atoms with Gasteiger partial charge in [-0.25, -0.2) is 17.8 Å². The standard InChI is InChI=1S/C26H32FN3O3S/c1-18(31)29-13-11-19(12-14-29)16-30-24-10-9-22(15-23(24)28-25(30)26(2,3)4)34(32,33)17-20-5-7-21(27)8-6-20/h5-10,15,19H,11-14,16-17H2,1-4H3. The van der Waals surface area contributed by atoms with E-state index in [1.54, 1.807) is 19.1 Å². The summed E-state index contributed by atoms with van der Waals surface area (Å²) in [7, 11) is -3.61. The number of piperidine rings is 1. The van der Waals surface area contributed by atoms with Gasteiger partial charge in [-0.3, -0.25) is 4.79 Å². The average Bonchev–Trinajstić information content (AvgIpc) is 3.14. The summed E-state index contributed by atoms with van der Waals surface area (Å²) < 4.78 is 41.5. The van der Waals surface area contributed by atoms with Crippen LogP contribution in [0.2, 0.25) is 0 Å². The molecule has 0 bridgehead atoms. The molecule has 34 heavy (non-hydrogen) atoms. The molecular weight excluding hydrogens is 453 g/mol. The summed E-state index contributed by atoms with van der Waals surface area (Å²) in [6, 6.07) is 10.7. The van der Waals surface area contributed by atoms with Crippen molar-refractivity contribution < 1.29 is 17.6 Å². The molecule has 1 aromatic heterocycles. The van der Waals surface area contributed by atoms with E-state index in [0.717, 1.165) is 43.8 Å². The number of aromatic nitrogens is 2. The summed E-state index contributed by atoms with van der Waals surface area (Å²) in [4.78, 5) is 18.6. The van der Waals surface area contributed by atoms with Crippen LogP contribution in [0.5, 0.6) is 0 Å². The van der Waals surface area contributed by atoms with E-state index in [0.29, 0.717) is 17.0 Å². The Morgan fingerprint density at radius 3 is 2.32 bits per heavy atom. The van der Waals surface area contributed by atoms with Crippen LogP contribution in [0.1, 0.15) is 51.9 Å². The number of nitrogens with zero attached hydrogens (tertiary/aromatic N) is 3. The van der Waals surface area contributed by atoms with Crippen molar-refractivity contribution in [3.8, 4) is 0 Å². The number of sulfone groups is 1. The summed E-state index contributed by atoms with van der Waals surface area (Å²) in [5.74, 6) is 0.881. The zero-order valence-corrected chi connectivity index (χ0v) is 21.0. The van der Waals surface area contributed by atoms with Gasteiger partial charge in [0, 0.05) is 32.0 Å². The monoisotopic (exact) mass is 485 g/mol. The normalized spacial score (nSPS) is 15.7. The number of hydrogen-bond donors (Lipinski definition) is 0. The molecule has 0 spiro atoms. The number of likely N-dealkylation sites (tertiary alicyclic amines) is 1. The molecule has 0 unspecified atom stereocenters. The lowest BCUT2D eigenvalue weighted by molar-refractivity contribution is -0.130. The third-order valence-corrected chi connectivity index (χ3v) is 8.21. The first-order valence-corrected chi connectivity index (χ1v) is 13.3. The van der Waals surface area contributed by atoms with Crippen molar-refractivity contribution in [3.63, 3.8) is 0 Å². The van der Waals surface area contributed by atoms with E-state index in [-0.39, 0.29) is 22.0 Å². The summed E-state index contributed by atoms with van der Waals surface area (Å²) in [5.41, 5.74) is 1.90. The fourth-order valence-electron chi connectivity index (χ4n) is 4.63. The van der Waals surface area contributed by atoms with Crippen LogP contribution < -0.4 is 0 Å². The molecule has 1 fully saturated rings. The molecule has 0 N–H and O–H groups in total. The fraction of sp³-hybridized carbons (Fsp3) is 0.462. The van der Waals surface area contributed by atoms with Gasteiger partial charge in [0.05, 0.1) is 21.7 Å². The number of carbonyl (C=O) groups is 1. The van der Waals surface area contributed by atoms with Crippen molar-refractivity contribution in [3.05, 3.63) is 59.7 Å². The number of halogens is 1. The minimum absolute atomic E-state index is 0.122. The maximum Gasteiger partial charge on any atom is 0.219 e. The van der Waals surface area contributed by atoms with Crippen molar-refractivity contribution in [1.82, 2.24) is 14.5 Å². The van der Waals surface area contributed by atoms with E-state index in [4.69, 9.17) is 4.98 Å². The maximum absolute atomic E-state index is 13.2. The second-order valence-electron chi connectivity index (χ2n) is 10.3. The van der Waals surface area contributed by atoms with Crippen molar-refractivity contribution in [2.24, 2.45) is 5.92 Å². The van der Waals surface area contributed by atoms with E-state index >= 15 is 0 Å². The second-order valence-corrected chi connectivity index (χ2v) is 12.3. The number of amides is 1. The molecule has 0 saturated carbocycles. The molecule has 4 rings (SSSR count). The predicted octanol–water partition coefficient (Wildman–Crippen LogP) is 4.71. The Morgan fingerprint density at radius 1 is 1.09 bits per heavy atom. The first-order chi connectivity index (χ1) is 15.9. The van der Waals surface area contributed by atoms with E-state index in [2.05, 4.69) is 25.3 Å². The van der Waals surface area contributed by atoms with Crippen molar-refractivity contribution in [2.75, 3.05) is 13.1 Å². The summed E-state index contributed by atoms with van der Waals surface area (Å²) in [6.45, 7) is 10.3. The van der Waals surface area contributed by atoms with Crippen molar-refractivity contribution in [1.29, 1.82) is 0 Å². The van der Waals surface area contributed by atoms with E-state index in [1.165, 1.54) is 24.3 Å². The lowest BCUT2D eigenvalue weighted by Crippen LogP contribution is -2.38. The van der Waals surface area contributed by atoms with Crippen LogP contribution >= 0.6 is 0 Å². The molecule has 6 nitrogen and oxygen atoms in total. The molecule has 8 heteroatoms. The number of benzene rings is 2. The summed E-state index contributed by atoms with van der Waals surface area (Å²) in [6.07, 6.45) is 1.87. The fourth-order valence-corrected chi connectivity index (χ4v) is 6.00. The molecule has 0 aliphatic carbocycles. The summed E-state index contributed by atoms with van der Waals surface area (Å²) >= 11 is 0. The zero-order valence-electron chi connectivity index (χ0n) is 20.2. The minimum atomic E-state index is -3.61. The van der Waals surface area contributed by atoms with Gasteiger partial charge in [0.15, 0.2) is 9.84 Å². The van der Waals surface area contributed by atoms with Crippen LogP contribution in [-0.2, 0) is 32.3 Å². The Hall–Kier alpha value is -2.74. The van der Waals surface area contributed by atoms with Gasteiger partial charge in [0.1, 0.15) is 11.6 Å². The van der Waals surface area contributed by atoms with Gasteiger partial charge < -0.3 is 9.47 Å². The first kappa shape index (κ1) is 24.4. The highest BCUT2D eigenvalue weighted by atomic mass is 32.2. The predicted molar refractivity (Wildman–Crippen MR) is 131 cm³/mol. The molecule has 1 aliphatic heterocycles. The highest BCUT2D eigenvalue weighted by Gasteiger charge is 2.28. The molecule has 2 heterocycles. The number of carbonyl (C=O) groups excluding carboxylic acids is 1. The average molecular weight is 486 g/mol. The molecule has 2 aromatic carbocycles. The number of hydrogen-bond acceptors (Lipinski definition) is 4. The molecule has 0 radical (unpaired) electrons. The molecule has 1 aliphatic rings.